The molecular weight excluding hydrogens is 328 g/mol. The van der Waals surface area contributed by atoms with Crippen molar-refractivity contribution in [2.45, 2.75) is 26.9 Å². The van der Waals surface area contributed by atoms with Crippen LogP contribution in [0.2, 0.25) is 5.02 Å². The molecule has 0 aliphatic rings. The number of anilines is 1. The molecule has 0 aliphatic carbocycles. The molecule has 2 amide bonds. The number of hydrogen-bond acceptors (Lipinski definition) is 3. The highest BCUT2D eigenvalue weighted by atomic mass is 35.5. The molecule has 5 nitrogen and oxygen atoms in total. The minimum atomic E-state index is -0.637. The Labute approximate surface area is 146 Å². The maximum Gasteiger partial charge on any atom is 0.345 e. The molecule has 2 N–H and O–H groups in total. The smallest absolute Gasteiger partial charge is 0.345 e. The molecule has 0 spiro atoms. The number of nitrogens with zero attached hydrogens (tertiary/aromatic N) is 1. The third-order valence-corrected chi connectivity index (χ3v) is 3.94. The second kappa shape index (κ2) is 8.04. The van der Waals surface area contributed by atoms with Crippen molar-refractivity contribution in [1.82, 2.24) is 5.32 Å². The van der Waals surface area contributed by atoms with E-state index in [1.165, 1.54) is 12.6 Å². The molecule has 128 valence electrons. The molecular formula is C18H21ClN2O3. The van der Waals surface area contributed by atoms with Crippen LogP contribution < -0.4 is 15.1 Å². The van der Waals surface area contributed by atoms with Crippen LogP contribution in [0.25, 0.3) is 0 Å². The topological polar surface area (TPSA) is 61.8 Å². The van der Waals surface area contributed by atoms with E-state index in [1.807, 2.05) is 19.1 Å². The van der Waals surface area contributed by atoms with Gasteiger partial charge in [-0.05, 0) is 48.7 Å². The molecule has 6 heteroatoms. The van der Waals surface area contributed by atoms with E-state index < -0.39 is 6.03 Å². The molecule has 0 bridgehead atoms. The summed E-state index contributed by atoms with van der Waals surface area (Å²) < 4.78 is 5.85. The zero-order valence-electron chi connectivity index (χ0n) is 14.0. The number of rotatable bonds is 5. The number of halogens is 1. The fourth-order valence-corrected chi connectivity index (χ4v) is 2.54. The Bertz CT molecular complexity index is 734. The number of urea groups is 1. The van der Waals surface area contributed by atoms with Crippen molar-refractivity contribution in [2.75, 3.05) is 12.1 Å². The van der Waals surface area contributed by atoms with Gasteiger partial charge in [-0.1, -0.05) is 30.7 Å². The second-order valence-corrected chi connectivity index (χ2v) is 5.82. The molecule has 0 atom stereocenters. The third-order valence-electron chi connectivity index (χ3n) is 3.71. The molecule has 0 aromatic heterocycles. The van der Waals surface area contributed by atoms with Gasteiger partial charge in [0.25, 0.3) is 0 Å². The highest BCUT2D eigenvalue weighted by molar-refractivity contribution is 6.30. The number of hydrogen-bond donors (Lipinski definition) is 2. The van der Waals surface area contributed by atoms with Gasteiger partial charge in [-0.2, -0.15) is 5.06 Å². The normalized spacial score (nSPS) is 10.4. The van der Waals surface area contributed by atoms with E-state index in [1.54, 1.807) is 18.2 Å². The van der Waals surface area contributed by atoms with Crippen LogP contribution in [0, 0.1) is 6.92 Å². The number of ether oxygens (including phenoxy) is 1. The Morgan fingerprint density at radius 1 is 1.29 bits per heavy atom. The van der Waals surface area contributed by atoms with Crippen molar-refractivity contribution >= 4 is 23.3 Å². The molecule has 0 radical (unpaired) electrons. The molecule has 2 aromatic carbocycles. The van der Waals surface area contributed by atoms with Crippen LogP contribution in [0.15, 0.2) is 36.4 Å². The van der Waals surface area contributed by atoms with Gasteiger partial charge in [0.2, 0.25) is 0 Å². The number of carbonyl (C=O) groups excluding carboxylic acids is 1. The lowest BCUT2D eigenvalue weighted by Gasteiger charge is -2.19. The summed E-state index contributed by atoms with van der Waals surface area (Å²) >= 11 is 6.03. The maximum absolute atomic E-state index is 11.6. The van der Waals surface area contributed by atoms with Crippen LogP contribution in [0.5, 0.6) is 5.75 Å². The molecule has 0 fully saturated rings. The lowest BCUT2D eigenvalue weighted by Crippen LogP contribution is -2.36. The average Bonchev–Trinajstić information content (AvgIpc) is 2.59. The molecule has 0 saturated carbocycles. The Morgan fingerprint density at radius 2 is 2.04 bits per heavy atom. The minimum Gasteiger partial charge on any atom is -0.489 e. The van der Waals surface area contributed by atoms with Crippen molar-refractivity contribution in [3.05, 3.63) is 58.1 Å². The summed E-state index contributed by atoms with van der Waals surface area (Å²) in [6.07, 6.45) is 0.963. The largest absolute Gasteiger partial charge is 0.489 e. The van der Waals surface area contributed by atoms with Gasteiger partial charge in [-0.15, -0.1) is 0 Å². The van der Waals surface area contributed by atoms with E-state index in [0.29, 0.717) is 21.3 Å². The van der Waals surface area contributed by atoms with Crippen molar-refractivity contribution in [1.29, 1.82) is 0 Å². The Morgan fingerprint density at radius 3 is 2.67 bits per heavy atom. The lowest BCUT2D eigenvalue weighted by molar-refractivity contribution is 0.205. The molecule has 2 rings (SSSR count). The van der Waals surface area contributed by atoms with E-state index in [-0.39, 0.29) is 6.61 Å². The quantitative estimate of drug-likeness (QED) is 0.624. The van der Waals surface area contributed by atoms with Crippen LogP contribution in [0.3, 0.4) is 0 Å². The highest BCUT2D eigenvalue weighted by Gasteiger charge is 2.16. The van der Waals surface area contributed by atoms with Gasteiger partial charge in [-0.3, -0.25) is 5.21 Å². The lowest BCUT2D eigenvalue weighted by atomic mass is 10.1. The van der Waals surface area contributed by atoms with Crippen molar-refractivity contribution < 1.29 is 14.7 Å². The fraction of sp³-hybridized carbons (Fsp3) is 0.278. The van der Waals surface area contributed by atoms with Crippen LogP contribution in [0.4, 0.5) is 10.5 Å². The van der Waals surface area contributed by atoms with E-state index in [0.717, 1.165) is 17.7 Å². The number of nitrogens with one attached hydrogen (secondary N) is 1. The van der Waals surface area contributed by atoms with Gasteiger partial charge in [0.1, 0.15) is 12.4 Å². The van der Waals surface area contributed by atoms with E-state index in [2.05, 4.69) is 18.3 Å². The van der Waals surface area contributed by atoms with Gasteiger partial charge < -0.3 is 10.1 Å². The number of hydroxylamine groups is 1. The van der Waals surface area contributed by atoms with Gasteiger partial charge >= 0.3 is 6.03 Å². The van der Waals surface area contributed by atoms with Gasteiger partial charge in [-0.25, -0.2) is 4.79 Å². The molecule has 0 aliphatic heterocycles. The first-order chi connectivity index (χ1) is 11.5. The number of carbonyl (C=O) groups is 1. The first-order valence-electron chi connectivity index (χ1n) is 7.67. The standard InChI is InChI=1S/C18H21ClN2O3/c1-4-13-5-8-17(12(2)9-13)24-11-14-10-15(19)6-7-16(14)21(23)18(22)20-3/h5-10,23H,4,11H2,1-3H3,(H,20,22). The molecule has 24 heavy (non-hydrogen) atoms. The summed E-state index contributed by atoms with van der Waals surface area (Å²) in [6.45, 7) is 4.26. The minimum absolute atomic E-state index is 0.177. The van der Waals surface area contributed by atoms with Crippen molar-refractivity contribution in [3.8, 4) is 5.75 Å². The first kappa shape index (κ1) is 18.1. The van der Waals surface area contributed by atoms with E-state index >= 15 is 0 Å². The monoisotopic (exact) mass is 348 g/mol. The zero-order chi connectivity index (χ0) is 17.7. The zero-order valence-corrected chi connectivity index (χ0v) is 14.7. The van der Waals surface area contributed by atoms with E-state index in [4.69, 9.17) is 16.3 Å². The van der Waals surface area contributed by atoms with Crippen LogP contribution in [-0.2, 0) is 13.0 Å². The Hall–Kier alpha value is -2.24. The summed E-state index contributed by atoms with van der Waals surface area (Å²) in [5.41, 5.74) is 3.20. The SMILES string of the molecule is CCc1ccc(OCc2cc(Cl)ccc2N(O)C(=O)NC)c(C)c1. The highest BCUT2D eigenvalue weighted by Crippen LogP contribution is 2.27. The molecule has 0 heterocycles. The number of benzene rings is 2. The number of amides is 2. The van der Waals surface area contributed by atoms with Gasteiger partial charge in [0, 0.05) is 17.6 Å². The van der Waals surface area contributed by atoms with Crippen molar-refractivity contribution in [3.63, 3.8) is 0 Å². The molecule has 0 saturated heterocycles. The fourth-order valence-electron chi connectivity index (χ4n) is 2.34. The van der Waals surface area contributed by atoms with Gasteiger partial charge in [0.05, 0.1) is 5.69 Å². The summed E-state index contributed by atoms with van der Waals surface area (Å²) in [7, 11) is 1.44. The molecule has 2 aromatic rings. The Balaban J connectivity index is 2.23. The predicted octanol–water partition coefficient (Wildman–Crippen LogP) is 4.32. The predicted molar refractivity (Wildman–Crippen MR) is 95.1 cm³/mol. The van der Waals surface area contributed by atoms with Gasteiger partial charge in [0.15, 0.2) is 0 Å². The van der Waals surface area contributed by atoms with Crippen molar-refractivity contribution in [2.24, 2.45) is 0 Å². The van der Waals surface area contributed by atoms with Crippen LogP contribution in [-0.4, -0.2) is 18.3 Å². The van der Waals surface area contributed by atoms with Crippen LogP contribution >= 0.6 is 11.6 Å². The van der Waals surface area contributed by atoms with Crippen LogP contribution in [0.1, 0.15) is 23.6 Å². The first-order valence-corrected chi connectivity index (χ1v) is 8.05. The summed E-state index contributed by atoms with van der Waals surface area (Å²) in [6, 6.07) is 10.2. The third kappa shape index (κ3) is 4.19. The summed E-state index contributed by atoms with van der Waals surface area (Å²) in [5, 5.41) is 13.4. The Kier molecular flexibility index (Phi) is 6.06. The second-order valence-electron chi connectivity index (χ2n) is 5.38. The average molecular weight is 349 g/mol. The van der Waals surface area contributed by atoms with E-state index in [9.17, 15) is 10.0 Å². The summed E-state index contributed by atoms with van der Waals surface area (Å²) in [5.74, 6) is 0.752. The number of aryl methyl sites for hydroxylation is 2. The maximum atomic E-state index is 11.6. The summed E-state index contributed by atoms with van der Waals surface area (Å²) in [4.78, 5) is 11.6. The molecule has 0 unspecified atom stereocenters.